The average Bonchev–Trinajstić information content (AvgIpc) is 0.714. The van der Waals surface area contributed by atoms with Gasteiger partial charge in [-0.05, 0) is 68.5 Å². The van der Waals surface area contributed by atoms with Crippen molar-refractivity contribution < 1.29 is 92.4 Å². The zero-order valence-corrected chi connectivity index (χ0v) is 51.1. The Kier molecular flexibility index (Phi) is 23.1. The van der Waals surface area contributed by atoms with Gasteiger partial charge in [0.05, 0.1) is 62.3 Å². The summed E-state index contributed by atoms with van der Waals surface area (Å²) in [5, 5.41) is 68.6. The number of carbonyl (C=O) groups excluding carboxylic acids is 10. The minimum absolute atomic E-state index is 0.0306. The van der Waals surface area contributed by atoms with Crippen LogP contribution in [0.1, 0.15) is 116 Å². The van der Waals surface area contributed by atoms with E-state index in [-0.39, 0.29) is 116 Å². The molecular formula is C61H75N9O19S. The number of hydrogen-bond acceptors (Lipinski definition) is 20. The quantitative estimate of drug-likeness (QED) is 0.0266. The van der Waals surface area contributed by atoms with Gasteiger partial charge in [-0.25, -0.2) is 9.59 Å². The first kappa shape index (κ1) is 68.7. The molecule has 11 N–H and O–H groups in total. The summed E-state index contributed by atoms with van der Waals surface area (Å²) in [5.74, 6) is -7.15. The lowest BCUT2D eigenvalue weighted by Crippen LogP contribution is -2.59. The Bertz CT molecular complexity index is 3300. The molecule has 7 rings (SSSR count). The largest absolute Gasteiger partial charge is 0.507 e. The standard InChI is InChI=1S/C61H75N9O19S/c1-8-43(73)68-28-69(44(74)9-2)30-70(29-68)45(75)19-21-90-27-42(72)67-51(31(3)4)58(82)66-39(13-11-20-63-59(62)83)57(81)65-36-17-15-34(16-18-36)26-87-60(84)64-25-35-22-46(88-32(5)52(35)76)89-41-24-61(85,33(6)71)23-38-48(41)56(80)50-49(54(38)78)53(77)37-12-10-14-40(86-7)47(37)55(50)79/h8-10,12,14-18,25,31-32,35,39,41,46,51-53,76-78,80,85H,1-2,11,13,19-24,26-30H2,3-7H3,(H,65,81)(H,66,82)(H,67,72)(H3,62,63,83)/b64-25+/t32-,35?,39-,41-,46-,51-,52+,53?,61-/m0/s1. The van der Waals surface area contributed by atoms with Gasteiger partial charge in [0.1, 0.15) is 47.6 Å². The number of phenolic OH excluding ortho intramolecular Hbond substituents is 2. The Morgan fingerprint density at radius 1 is 0.911 bits per heavy atom. The van der Waals surface area contributed by atoms with Crippen molar-refractivity contribution in [2.24, 2.45) is 22.6 Å². The summed E-state index contributed by atoms with van der Waals surface area (Å²) >= 11 is 1.12. The Balaban J connectivity index is 0.932. The van der Waals surface area contributed by atoms with Gasteiger partial charge < -0.3 is 86.2 Å². The number of nitrogens with zero attached hydrogens (tertiary/aromatic N) is 4. The van der Waals surface area contributed by atoms with Crippen LogP contribution >= 0.6 is 11.8 Å². The second-order valence-electron chi connectivity index (χ2n) is 22.4. The molecule has 28 nitrogen and oxygen atoms in total. The number of carbonyl (C=O) groups is 10. The molecule has 0 saturated carbocycles. The van der Waals surface area contributed by atoms with Crippen LogP contribution < -0.4 is 31.7 Å². The van der Waals surface area contributed by atoms with Gasteiger partial charge in [-0.2, -0.15) is 16.8 Å². The molecule has 3 aromatic carbocycles. The molecule has 0 radical (unpaired) electrons. The minimum Gasteiger partial charge on any atom is -0.507 e. The number of thioether (sulfide) groups is 1. The predicted molar refractivity (Wildman–Crippen MR) is 323 cm³/mol. The summed E-state index contributed by atoms with van der Waals surface area (Å²) in [7, 11) is 1.33. The highest BCUT2D eigenvalue weighted by atomic mass is 32.2. The van der Waals surface area contributed by atoms with Gasteiger partial charge in [0.25, 0.3) is 0 Å². The molecule has 3 aromatic rings. The van der Waals surface area contributed by atoms with Crippen LogP contribution in [0.25, 0.3) is 0 Å². The van der Waals surface area contributed by atoms with Crippen LogP contribution in [-0.2, 0) is 60.8 Å². The number of hydrogen-bond donors (Lipinski definition) is 10. The first-order valence-electron chi connectivity index (χ1n) is 28.8. The van der Waals surface area contributed by atoms with Crippen molar-refractivity contribution in [3.05, 3.63) is 107 Å². The number of Topliss-reactive ketones (excluding diaryl/α,β-unsaturated/α-hetero) is 1. The van der Waals surface area contributed by atoms with E-state index in [1.807, 2.05) is 0 Å². The molecule has 2 aliphatic carbocycles. The number of fused-ring (bicyclic) bond motifs is 3. The molecule has 2 saturated heterocycles. The number of nitrogens with one attached hydrogen (secondary N) is 4. The number of rotatable bonds is 24. The van der Waals surface area contributed by atoms with Gasteiger partial charge >= 0.3 is 12.1 Å². The van der Waals surface area contributed by atoms with Crippen LogP contribution in [0, 0.1) is 11.8 Å². The third-order valence-electron chi connectivity index (χ3n) is 15.8. The molecule has 90 heavy (non-hydrogen) atoms. The third kappa shape index (κ3) is 16.2. The zero-order chi connectivity index (χ0) is 65.9. The van der Waals surface area contributed by atoms with Crippen LogP contribution in [0.4, 0.5) is 15.3 Å². The molecule has 0 spiro atoms. The van der Waals surface area contributed by atoms with Crippen LogP contribution in [-0.4, -0.2) is 187 Å². The van der Waals surface area contributed by atoms with Crippen molar-refractivity contribution in [1.82, 2.24) is 30.7 Å². The van der Waals surface area contributed by atoms with E-state index in [9.17, 15) is 73.5 Å². The van der Waals surface area contributed by atoms with E-state index in [0.717, 1.165) is 37.1 Å². The second-order valence-corrected chi connectivity index (χ2v) is 23.5. The molecule has 9 atom stereocenters. The number of aliphatic hydroxyl groups is 3. The fourth-order valence-electron chi connectivity index (χ4n) is 10.9. The number of nitrogens with two attached hydrogens (primary N) is 1. The number of ether oxygens (including phenoxy) is 4. The molecule has 2 fully saturated rings. The predicted octanol–water partition coefficient (Wildman–Crippen LogP) is 2.46. The van der Waals surface area contributed by atoms with Gasteiger partial charge in [0.15, 0.2) is 12.1 Å². The Morgan fingerprint density at radius 2 is 1.58 bits per heavy atom. The number of aliphatic imine (C=N–C) groups is 1. The smallest absolute Gasteiger partial charge is 0.433 e. The van der Waals surface area contributed by atoms with Crippen LogP contribution in [0.2, 0.25) is 0 Å². The first-order chi connectivity index (χ1) is 42.7. The molecule has 2 unspecified atom stereocenters. The van der Waals surface area contributed by atoms with E-state index < -0.39 is 143 Å². The number of anilines is 1. The first-order valence-corrected chi connectivity index (χ1v) is 30.0. The summed E-state index contributed by atoms with van der Waals surface area (Å²) in [6.45, 7) is 12.6. The van der Waals surface area contributed by atoms with Gasteiger partial charge in [0.2, 0.25) is 41.2 Å². The van der Waals surface area contributed by atoms with Crippen molar-refractivity contribution in [2.45, 2.75) is 121 Å². The van der Waals surface area contributed by atoms with E-state index in [4.69, 9.17) is 24.7 Å². The van der Waals surface area contributed by atoms with Crippen LogP contribution in [0.5, 0.6) is 17.2 Å². The van der Waals surface area contributed by atoms with Crippen molar-refractivity contribution in [3.63, 3.8) is 0 Å². The summed E-state index contributed by atoms with van der Waals surface area (Å²) in [6, 6.07) is 7.55. The van der Waals surface area contributed by atoms with Crippen molar-refractivity contribution in [1.29, 1.82) is 0 Å². The maximum atomic E-state index is 14.1. The number of aliphatic hydroxyl groups excluding tert-OH is 2. The number of amides is 9. The monoisotopic (exact) mass is 1270 g/mol. The Hall–Kier alpha value is -8.74. The highest BCUT2D eigenvalue weighted by Gasteiger charge is 2.50. The second kappa shape index (κ2) is 30.2. The lowest BCUT2D eigenvalue weighted by Gasteiger charge is -2.42. The van der Waals surface area contributed by atoms with Crippen molar-refractivity contribution in [2.75, 3.05) is 50.5 Å². The highest BCUT2D eigenvalue weighted by Crippen LogP contribution is 2.55. The lowest BCUT2D eigenvalue weighted by atomic mass is 9.71. The summed E-state index contributed by atoms with van der Waals surface area (Å²) < 4.78 is 23.1. The van der Waals surface area contributed by atoms with Crippen molar-refractivity contribution in [3.8, 4) is 17.2 Å². The number of benzene rings is 3. The molecule has 0 bridgehead atoms. The van der Waals surface area contributed by atoms with Crippen molar-refractivity contribution >= 4 is 82.8 Å². The topological polar surface area (TPSA) is 405 Å². The molecule has 0 aromatic heterocycles. The van der Waals surface area contributed by atoms with E-state index in [0.29, 0.717) is 5.56 Å². The van der Waals surface area contributed by atoms with Gasteiger partial charge in [-0.15, -0.1) is 0 Å². The highest BCUT2D eigenvalue weighted by molar-refractivity contribution is 7.99. The van der Waals surface area contributed by atoms with E-state index in [1.54, 1.807) is 26.0 Å². The number of urea groups is 1. The van der Waals surface area contributed by atoms with E-state index >= 15 is 0 Å². The molecule has 29 heteroatoms. The SMILES string of the molecule is C=CC(=O)N1CN(C(=O)C=C)CN(C(=O)CCSCC(=O)N[C@H](C(=O)N[C@@H](CCCNC(N)=O)C(=O)Nc2ccc(COC(=O)/N=C/C3C[C@H](O[C@H]4C[C@](O)(C(C)=O)Cc5c(O)c6c(c(O)c54)C(=O)c4c(OC)cccc4C6O)O[C@@H](C)[C@H]3O)cc2)C(C)C)C1. The number of primary amides is 1. The minimum atomic E-state index is -2.15. The summed E-state index contributed by atoms with van der Waals surface area (Å²) in [5.41, 5.74) is 2.84. The lowest BCUT2D eigenvalue weighted by molar-refractivity contribution is -0.249. The zero-order valence-electron chi connectivity index (χ0n) is 50.3. The Morgan fingerprint density at radius 3 is 2.20 bits per heavy atom. The number of aromatic hydroxyl groups is 2. The molecule has 9 amide bonds. The van der Waals surface area contributed by atoms with Gasteiger partial charge in [0, 0.05) is 78.1 Å². The maximum absolute atomic E-state index is 14.1. The summed E-state index contributed by atoms with van der Waals surface area (Å²) in [6.07, 6.45) is -5.16. The fraction of sp³-hybridized carbons (Fsp3) is 0.459. The Labute approximate surface area is 522 Å². The molecule has 484 valence electrons. The van der Waals surface area contributed by atoms with Crippen LogP contribution in [0.3, 0.4) is 0 Å². The van der Waals surface area contributed by atoms with Gasteiger partial charge in [-0.3, -0.25) is 38.4 Å². The fourth-order valence-corrected chi connectivity index (χ4v) is 11.7. The van der Waals surface area contributed by atoms with E-state index in [1.165, 1.54) is 59.1 Å². The van der Waals surface area contributed by atoms with Gasteiger partial charge in [-0.1, -0.05) is 51.3 Å². The third-order valence-corrected chi connectivity index (χ3v) is 16.8. The number of ketones is 2. The molecular weight excluding hydrogens is 1190 g/mol. The average molecular weight is 1270 g/mol. The molecule has 2 heterocycles. The van der Waals surface area contributed by atoms with E-state index in [2.05, 4.69) is 39.4 Å². The van der Waals surface area contributed by atoms with Crippen LogP contribution in [0.15, 0.2) is 72.8 Å². The number of methoxy groups -OCH3 is 1. The maximum Gasteiger partial charge on any atom is 0.433 e. The molecule has 4 aliphatic rings. The normalized spacial score (nSPS) is 21.8. The molecule has 2 aliphatic heterocycles. The number of phenols is 2. The summed E-state index contributed by atoms with van der Waals surface area (Å²) in [4.78, 5) is 138.